The lowest BCUT2D eigenvalue weighted by Gasteiger charge is -2.08. The molecule has 1 aromatic heterocycles. The van der Waals surface area contributed by atoms with Crippen molar-refractivity contribution < 1.29 is 4.39 Å². The summed E-state index contributed by atoms with van der Waals surface area (Å²) in [7, 11) is 0. The number of benzene rings is 1. The van der Waals surface area contributed by atoms with Crippen molar-refractivity contribution in [3.8, 4) is 11.3 Å². The smallest absolute Gasteiger partial charge is 0.150 e. The average molecular weight is 260 g/mol. The zero-order chi connectivity index (χ0) is 13.4. The van der Waals surface area contributed by atoms with Crippen LogP contribution in [0.4, 0.5) is 10.2 Å². The summed E-state index contributed by atoms with van der Waals surface area (Å²) in [6.07, 6.45) is 4.59. The fraction of sp³-hybridized carbons (Fsp3) is 0.357. The van der Waals surface area contributed by atoms with E-state index in [-0.39, 0.29) is 5.82 Å². The highest BCUT2D eigenvalue weighted by molar-refractivity contribution is 5.71. The van der Waals surface area contributed by atoms with Crippen LogP contribution in [0.5, 0.6) is 0 Å². The zero-order valence-electron chi connectivity index (χ0n) is 10.6. The Kier molecular flexibility index (Phi) is 2.89. The molecule has 1 aromatic carbocycles. The second kappa shape index (κ2) is 4.57. The van der Waals surface area contributed by atoms with Gasteiger partial charge in [-0.1, -0.05) is 25.0 Å². The van der Waals surface area contributed by atoms with Crippen molar-refractivity contribution in [2.75, 3.05) is 11.6 Å². The van der Waals surface area contributed by atoms with Crippen LogP contribution >= 0.6 is 0 Å². The molecular formula is C14H17FN4. The van der Waals surface area contributed by atoms with Crippen molar-refractivity contribution in [1.29, 1.82) is 0 Å². The summed E-state index contributed by atoms with van der Waals surface area (Å²) in [5.74, 6) is 7.27. The van der Waals surface area contributed by atoms with Crippen molar-refractivity contribution in [2.45, 2.75) is 31.6 Å². The van der Waals surface area contributed by atoms with Gasteiger partial charge in [-0.15, -0.1) is 0 Å². The first kappa shape index (κ1) is 12.0. The first-order valence-electron chi connectivity index (χ1n) is 6.56. The van der Waals surface area contributed by atoms with Crippen molar-refractivity contribution in [1.82, 2.24) is 9.66 Å². The minimum absolute atomic E-state index is 0.300. The number of nitrogens with zero attached hydrogens (tertiary/aromatic N) is 2. The molecule has 4 nitrogen and oxygen atoms in total. The van der Waals surface area contributed by atoms with Gasteiger partial charge in [-0.05, 0) is 25.0 Å². The van der Waals surface area contributed by atoms with Gasteiger partial charge in [0, 0.05) is 11.5 Å². The number of hydrogen-bond donors (Lipinski definition) is 2. The maximum atomic E-state index is 13.3. The van der Waals surface area contributed by atoms with Crippen LogP contribution in [0.25, 0.3) is 11.3 Å². The highest BCUT2D eigenvalue weighted by Crippen LogP contribution is 2.36. The maximum Gasteiger partial charge on any atom is 0.150 e. The van der Waals surface area contributed by atoms with Crippen LogP contribution in [0.2, 0.25) is 0 Å². The lowest BCUT2D eigenvalue weighted by atomic mass is 10.1. The Morgan fingerprint density at radius 3 is 2.68 bits per heavy atom. The van der Waals surface area contributed by atoms with Crippen LogP contribution in [-0.4, -0.2) is 9.66 Å². The van der Waals surface area contributed by atoms with E-state index in [4.69, 9.17) is 11.6 Å². The van der Waals surface area contributed by atoms with Crippen molar-refractivity contribution in [2.24, 2.45) is 0 Å². The number of nitrogen functional groups attached to an aromatic ring is 2. The zero-order valence-corrected chi connectivity index (χ0v) is 10.6. The van der Waals surface area contributed by atoms with Crippen molar-refractivity contribution >= 4 is 5.82 Å². The summed E-state index contributed by atoms with van der Waals surface area (Å²) in [4.78, 5) is 4.55. The van der Waals surface area contributed by atoms with Crippen LogP contribution in [-0.2, 0) is 0 Å². The number of hydrogen-bond acceptors (Lipinski definition) is 3. The monoisotopic (exact) mass is 260 g/mol. The molecule has 1 fully saturated rings. The third-order valence-corrected chi connectivity index (χ3v) is 3.79. The Bertz CT molecular complexity index is 599. The van der Waals surface area contributed by atoms with E-state index < -0.39 is 0 Å². The lowest BCUT2D eigenvalue weighted by Crippen LogP contribution is -2.17. The van der Waals surface area contributed by atoms with E-state index in [1.807, 2.05) is 0 Å². The number of imidazole rings is 1. The molecule has 0 bridgehead atoms. The van der Waals surface area contributed by atoms with Crippen LogP contribution in [0.3, 0.4) is 0 Å². The first-order valence-corrected chi connectivity index (χ1v) is 6.56. The lowest BCUT2D eigenvalue weighted by molar-refractivity contribution is 0.628. The Hall–Kier alpha value is -2.04. The quantitative estimate of drug-likeness (QED) is 0.815. The molecule has 1 saturated carbocycles. The fourth-order valence-corrected chi connectivity index (χ4v) is 2.78. The minimum Gasteiger partial charge on any atom is -0.382 e. The van der Waals surface area contributed by atoms with Gasteiger partial charge in [-0.25, -0.2) is 14.1 Å². The highest BCUT2D eigenvalue weighted by Gasteiger charge is 2.25. The Labute approximate surface area is 111 Å². The molecule has 100 valence electrons. The molecule has 1 aliphatic carbocycles. The molecule has 3 rings (SSSR count). The van der Waals surface area contributed by atoms with Gasteiger partial charge in [0.05, 0.1) is 0 Å². The first-order chi connectivity index (χ1) is 9.16. The minimum atomic E-state index is -0.300. The molecule has 4 N–H and O–H groups in total. The van der Waals surface area contributed by atoms with Crippen LogP contribution in [0.15, 0.2) is 24.3 Å². The molecule has 0 aliphatic heterocycles. The van der Waals surface area contributed by atoms with Gasteiger partial charge in [0.15, 0.2) is 5.82 Å². The van der Waals surface area contributed by atoms with Gasteiger partial charge in [0.2, 0.25) is 0 Å². The predicted octanol–water partition coefficient (Wildman–Crippen LogP) is 2.64. The van der Waals surface area contributed by atoms with Gasteiger partial charge in [0.25, 0.3) is 0 Å². The van der Waals surface area contributed by atoms with E-state index in [0.717, 1.165) is 18.7 Å². The molecule has 0 amide bonds. The summed E-state index contributed by atoms with van der Waals surface area (Å²) < 4.78 is 14.7. The van der Waals surface area contributed by atoms with Crippen LogP contribution < -0.4 is 11.6 Å². The normalized spacial score (nSPS) is 16.1. The summed E-state index contributed by atoms with van der Waals surface area (Å²) in [6.45, 7) is 0. The van der Waals surface area contributed by atoms with E-state index in [2.05, 4.69) is 4.98 Å². The number of aromatic nitrogens is 2. The van der Waals surface area contributed by atoms with E-state index in [9.17, 15) is 4.39 Å². The topological polar surface area (TPSA) is 69.9 Å². The van der Waals surface area contributed by atoms with Crippen LogP contribution in [0, 0.1) is 5.82 Å². The van der Waals surface area contributed by atoms with Crippen LogP contribution in [0.1, 0.15) is 37.4 Å². The molecule has 19 heavy (non-hydrogen) atoms. The van der Waals surface area contributed by atoms with E-state index >= 15 is 0 Å². The Balaban J connectivity index is 2.05. The van der Waals surface area contributed by atoms with E-state index in [0.29, 0.717) is 23.0 Å². The molecule has 1 aliphatic rings. The third-order valence-electron chi connectivity index (χ3n) is 3.79. The van der Waals surface area contributed by atoms with Gasteiger partial charge in [0.1, 0.15) is 17.3 Å². The van der Waals surface area contributed by atoms with Crippen molar-refractivity contribution in [3.63, 3.8) is 0 Å². The summed E-state index contributed by atoms with van der Waals surface area (Å²) in [5.41, 5.74) is 7.25. The van der Waals surface area contributed by atoms with Crippen molar-refractivity contribution in [3.05, 3.63) is 35.9 Å². The molecule has 5 heteroatoms. The Morgan fingerprint density at radius 1 is 1.26 bits per heavy atom. The maximum absolute atomic E-state index is 13.3. The standard InChI is InChI=1S/C14H17FN4/c15-11-7-3-6-10(8-11)12-13(16)19(17)14(18-12)9-4-1-2-5-9/h3,6-9H,1-2,4-5,16-17H2. The molecule has 2 aromatic rings. The van der Waals surface area contributed by atoms with E-state index in [1.165, 1.54) is 29.7 Å². The molecule has 1 heterocycles. The number of halogens is 1. The van der Waals surface area contributed by atoms with Gasteiger partial charge in [-0.2, -0.15) is 0 Å². The SMILES string of the molecule is Nc1c(-c2cccc(F)c2)nc(C2CCCC2)n1N. The summed E-state index contributed by atoms with van der Waals surface area (Å²) in [6, 6.07) is 6.27. The molecule has 0 atom stereocenters. The number of anilines is 1. The largest absolute Gasteiger partial charge is 0.382 e. The summed E-state index contributed by atoms with van der Waals surface area (Å²) in [5, 5.41) is 0. The molecule has 0 unspecified atom stereocenters. The molecule has 0 radical (unpaired) electrons. The van der Waals surface area contributed by atoms with Gasteiger partial charge >= 0.3 is 0 Å². The molecule has 0 saturated heterocycles. The predicted molar refractivity (Wildman–Crippen MR) is 73.4 cm³/mol. The highest BCUT2D eigenvalue weighted by atomic mass is 19.1. The van der Waals surface area contributed by atoms with E-state index in [1.54, 1.807) is 12.1 Å². The second-order valence-electron chi connectivity index (χ2n) is 5.07. The molecular weight excluding hydrogens is 243 g/mol. The Morgan fingerprint density at radius 2 is 2.00 bits per heavy atom. The van der Waals surface area contributed by atoms with Gasteiger partial charge in [-0.3, -0.25) is 0 Å². The van der Waals surface area contributed by atoms with Gasteiger partial charge < -0.3 is 11.6 Å². The number of rotatable bonds is 2. The molecule has 0 spiro atoms. The second-order valence-corrected chi connectivity index (χ2v) is 5.07. The fourth-order valence-electron chi connectivity index (χ4n) is 2.78. The third kappa shape index (κ3) is 2.05. The average Bonchev–Trinajstić information content (AvgIpc) is 3.00. The number of nitrogens with two attached hydrogens (primary N) is 2. The summed E-state index contributed by atoms with van der Waals surface area (Å²) >= 11 is 0.